The van der Waals surface area contributed by atoms with Crippen LogP contribution in [0.2, 0.25) is 0 Å². The highest BCUT2D eigenvalue weighted by atomic mass is 16.5. The number of ether oxygens (including phenoxy) is 1. The van der Waals surface area contributed by atoms with Gasteiger partial charge in [-0.2, -0.15) is 0 Å². The molecule has 1 aromatic carbocycles. The van der Waals surface area contributed by atoms with Gasteiger partial charge in [-0.1, -0.05) is 44.9 Å². The van der Waals surface area contributed by atoms with Crippen LogP contribution < -0.4 is 10.1 Å². The molecular weight excluding hydrogens is 246 g/mol. The van der Waals surface area contributed by atoms with Crippen LogP contribution in [0.25, 0.3) is 0 Å². The number of para-hydroxylation sites is 1. The zero-order valence-corrected chi connectivity index (χ0v) is 12.9. The minimum Gasteiger partial charge on any atom is -0.493 e. The van der Waals surface area contributed by atoms with E-state index in [0.29, 0.717) is 5.92 Å². The quantitative estimate of drug-likeness (QED) is 0.878. The number of nitrogens with one attached hydrogen (secondary N) is 1. The van der Waals surface area contributed by atoms with Crippen LogP contribution in [0.15, 0.2) is 18.2 Å². The third-order valence-corrected chi connectivity index (χ3v) is 5.09. The number of rotatable bonds is 2. The Morgan fingerprint density at radius 3 is 2.90 bits per heavy atom. The van der Waals surface area contributed by atoms with Gasteiger partial charge in [-0.15, -0.1) is 0 Å². The topological polar surface area (TPSA) is 21.3 Å². The maximum Gasteiger partial charge on any atom is 0.127 e. The predicted octanol–water partition coefficient (Wildman–Crippen LogP) is 4.03. The van der Waals surface area contributed by atoms with Gasteiger partial charge in [0.2, 0.25) is 0 Å². The van der Waals surface area contributed by atoms with Crippen LogP contribution in [0.5, 0.6) is 5.75 Å². The Bertz CT molecular complexity index is 458. The first-order chi connectivity index (χ1) is 9.74. The summed E-state index contributed by atoms with van der Waals surface area (Å²) < 4.78 is 6.08. The summed E-state index contributed by atoms with van der Waals surface area (Å²) in [7, 11) is 0. The molecule has 0 aromatic heterocycles. The second-order valence-electron chi connectivity index (χ2n) is 6.61. The van der Waals surface area contributed by atoms with Crippen LogP contribution in [0, 0.1) is 5.92 Å². The van der Waals surface area contributed by atoms with Gasteiger partial charge in [0, 0.05) is 11.1 Å². The van der Waals surface area contributed by atoms with Crippen LogP contribution in [0.4, 0.5) is 0 Å². The first kappa shape index (κ1) is 13.9. The van der Waals surface area contributed by atoms with E-state index in [2.05, 4.69) is 37.4 Å². The van der Waals surface area contributed by atoms with Crippen LogP contribution in [-0.2, 0) is 12.0 Å². The molecule has 2 aliphatic rings. The van der Waals surface area contributed by atoms with Gasteiger partial charge in [-0.3, -0.25) is 0 Å². The van der Waals surface area contributed by atoms with E-state index in [4.69, 9.17) is 4.74 Å². The molecule has 0 bridgehead atoms. The molecule has 3 rings (SSSR count). The molecular formula is C18H27NO. The SMILES string of the molecule is CC(C)C1(c2cccc3c2OCCC3)CCCCCN1. The van der Waals surface area contributed by atoms with E-state index >= 15 is 0 Å². The molecule has 0 spiro atoms. The molecule has 110 valence electrons. The van der Waals surface area contributed by atoms with E-state index in [1.165, 1.54) is 42.6 Å². The minimum absolute atomic E-state index is 0.0964. The van der Waals surface area contributed by atoms with Gasteiger partial charge in [0.15, 0.2) is 0 Å². The summed E-state index contributed by atoms with van der Waals surface area (Å²) in [5.74, 6) is 1.76. The molecule has 1 aromatic rings. The molecule has 1 saturated heterocycles. The molecule has 1 unspecified atom stereocenters. The Morgan fingerprint density at radius 2 is 2.05 bits per heavy atom. The maximum atomic E-state index is 6.08. The summed E-state index contributed by atoms with van der Waals surface area (Å²) in [6.07, 6.45) is 7.50. The molecule has 0 radical (unpaired) electrons. The molecule has 0 aliphatic carbocycles. The highest BCUT2D eigenvalue weighted by molar-refractivity contribution is 5.47. The van der Waals surface area contributed by atoms with Crippen molar-refractivity contribution in [2.45, 2.75) is 57.9 Å². The van der Waals surface area contributed by atoms with E-state index in [-0.39, 0.29) is 5.54 Å². The van der Waals surface area contributed by atoms with Crippen molar-refractivity contribution >= 4 is 0 Å². The lowest BCUT2D eigenvalue weighted by Crippen LogP contribution is -2.46. The average molecular weight is 273 g/mol. The van der Waals surface area contributed by atoms with Crippen molar-refractivity contribution in [3.8, 4) is 5.75 Å². The van der Waals surface area contributed by atoms with Crippen LogP contribution in [0.3, 0.4) is 0 Å². The molecule has 1 atom stereocenters. The van der Waals surface area contributed by atoms with Gasteiger partial charge < -0.3 is 10.1 Å². The van der Waals surface area contributed by atoms with Crippen molar-refractivity contribution in [2.24, 2.45) is 5.92 Å². The van der Waals surface area contributed by atoms with Crippen molar-refractivity contribution in [3.63, 3.8) is 0 Å². The summed E-state index contributed by atoms with van der Waals surface area (Å²) in [5.41, 5.74) is 2.91. The Hall–Kier alpha value is -1.02. The Morgan fingerprint density at radius 1 is 1.15 bits per heavy atom. The number of hydrogen-bond donors (Lipinski definition) is 1. The van der Waals surface area contributed by atoms with Gasteiger partial charge in [0.25, 0.3) is 0 Å². The molecule has 2 aliphatic heterocycles. The molecule has 20 heavy (non-hydrogen) atoms. The van der Waals surface area contributed by atoms with E-state index in [1.807, 2.05) is 0 Å². The van der Waals surface area contributed by atoms with Crippen molar-refractivity contribution in [2.75, 3.05) is 13.2 Å². The monoisotopic (exact) mass is 273 g/mol. The number of fused-ring (bicyclic) bond motifs is 1. The molecule has 1 fully saturated rings. The highest BCUT2D eigenvalue weighted by Gasteiger charge is 2.38. The first-order valence-electron chi connectivity index (χ1n) is 8.24. The molecule has 2 heterocycles. The minimum atomic E-state index is 0.0964. The standard InChI is InChI=1S/C18H27NO/c1-14(2)18(11-4-3-5-12-19-18)16-10-6-8-15-9-7-13-20-17(15)16/h6,8,10,14,19H,3-5,7,9,11-13H2,1-2H3. The Labute approximate surface area is 122 Å². The largest absolute Gasteiger partial charge is 0.493 e. The van der Waals surface area contributed by atoms with Crippen molar-refractivity contribution in [1.82, 2.24) is 5.32 Å². The molecule has 2 heteroatoms. The Balaban J connectivity index is 2.07. The van der Waals surface area contributed by atoms with Crippen molar-refractivity contribution in [1.29, 1.82) is 0 Å². The first-order valence-corrected chi connectivity index (χ1v) is 8.24. The van der Waals surface area contributed by atoms with Crippen LogP contribution >= 0.6 is 0 Å². The summed E-state index contributed by atoms with van der Waals surface area (Å²) in [5, 5.41) is 3.88. The number of aryl methyl sites for hydroxylation is 1. The molecule has 2 nitrogen and oxygen atoms in total. The van der Waals surface area contributed by atoms with Gasteiger partial charge in [0.05, 0.1) is 6.61 Å². The predicted molar refractivity (Wildman–Crippen MR) is 83.2 cm³/mol. The third kappa shape index (κ3) is 2.35. The van der Waals surface area contributed by atoms with E-state index in [0.717, 1.165) is 26.0 Å². The smallest absolute Gasteiger partial charge is 0.127 e. The third-order valence-electron chi connectivity index (χ3n) is 5.09. The summed E-state index contributed by atoms with van der Waals surface area (Å²) >= 11 is 0. The lowest BCUT2D eigenvalue weighted by molar-refractivity contribution is 0.210. The number of benzene rings is 1. The molecule has 1 N–H and O–H groups in total. The van der Waals surface area contributed by atoms with Gasteiger partial charge >= 0.3 is 0 Å². The zero-order valence-electron chi connectivity index (χ0n) is 12.9. The van der Waals surface area contributed by atoms with E-state index < -0.39 is 0 Å². The second kappa shape index (κ2) is 5.77. The van der Waals surface area contributed by atoms with Crippen LogP contribution in [0.1, 0.15) is 57.1 Å². The van der Waals surface area contributed by atoms with Gasteiger partial charge in [-0.05, 0) is 43.7 Å². The summed E-state index contributed by atoms with van der Waals surface area (Å²) in [6, 6.07) is 6.75. The normalized spacial score (nSPS) is 26.8. The fourth-order valence-corrected chi connectivity index (χ4v) is 3.88. The average Bonchev–Trinajstić information content (AvgIpc) is 2.73. The fourth-order valence-electron chi connectivity index (χ4n) is 3.88. The van der Waals surface area contributed by atoms with E-state index in [1.54, 1.807) is 0 Å². The van der Waals surface area contributed by atoms with Crippen molar-refractivity contribution in [3.05, 3.63) is 29.3 Å². The van der Waals surface area contributed by atoms with Gasteiger partial charge in [-0.25, -0.2) is 0 Å². The molecule has 0 saturated carbocycles. The maximum absolute atomic E-state index is 6.08. The highest BCUT2D eigenvalue weighted by Crippen LogP contribution is 2.43. The van der Waals surface area contributed by atoms with Crippen molar-refractivity contribution < 1.29 is 4.74 Å². The lowest BCUT2D eigenvalue weighted by Gasteiger charge is -2.40. The number of hydrogen-bond acceptors (Lipinski definition) is 2. The van der Waals surface area contributed by atoms with E-state index in [9.17, 15) is 0 Å². The summed E-state index contributed by atoms with van der Waals surface area (Å²) in [6.45, 7) is 6.70. The summed E-state index contributed by atoms with van der Waals surface area (Å²) in [4.78, 5) is 0. The second-order valence-corrected chi connectivity index (χ2v) is 6.61. The fraction of sp³-hybridized carbons (Fsp3) is 0.667. The molecule has 0 amide bonds. The van der Waals surface area contributed by atoms with Gasteiger partial charge in [0.1, 0.15) is 5.75 Å². The zero-order chi connectivity index (χ0) is 14.0. The lowest BCUT2D eigenvalue weighted by atomic mass is 9.75. The van der Waals surface area contributed by atoms with Crippen LogP contribution in [-0.4, -0.2) is 13.2 Å². The Kier molecular flexibility index (Phi) is 4.02.